The predicted molar refractivity (Wildman–Crippen MR) is 115 cm³/mol. The summed E-state index contributed by atoms with van der Waals surface area (Å²) in [6.45, 7) is 4.03. The van der Waals surface area contributed by atoms with Crippen LogP contribution in [-0.4, -0.2) is 36.9 Å². The molecular weight excluding hydrogens is 322 g/mol. The van der Waals surface area contributed by atoms with Gasteiger partial charge in [0.1, 0.15) is 0 Å². The van der Waals surface area contributed by atoms with Crippen molar-refractivity contribution in [1.29, 1.82) is 0 Å². The monoisotopic (exact) mass is 369 g/mol. The summed E-state index contributed by atoms with van der Waals surface area (Å²) >= 11 is 0. The molecule has 0 rings (SSSR count). The highest BCUT2D eigenvalue weighted by atomic mass is 16.3. The smallest absolute Gasteiger partial charge is 0.0705 e. The second-order valence-corrected chi connectivity index (χ2v) is 7.53. The number of unbranched alkanes of at least 4 members (excludes halogenated alkanes) is 11. The molecule has 2 unspecified atom stereocenters. The number of aliphatic hydroxyl groups is 1. The van der Waals surface area contributed by atoms with Gasteiger partial charge in [-0.15, -0.1) is 0 Å². The lowest BCUT2D eigenvalue weighted by Gasteiger charge is -2.22. The van der Waals surface area contributed by atoms with Crippen molar-refractivity contribution >= 4 is 0 Å². The maximum Gasteiger partial charge on any atom is 0.0705 e. The molecule has 0 aromatic carbocycles. The highest BCUT2D eigenvalue weighted by molar-refractivity contribution is 4.81. The first-order valence-corrected chi connectivity index (χ1v) is 11.2. The van der Waals surface area contributed by atoms with Gasteiger partial charge in [-0.05, 0) is 32.1 Å². The molecule has 0 fully saturated rings. The highest BCUT2D eigenvalue weighted by Crippen LogP contribution is 2.11. The Bertz CT molecular complexity index is 297. The first-order chi connectivity index (χ1) is 12.8. The third kappa shape index (κ3) is 17.0. The lowest BCUT2D eigenvalue weighted by molar-refractivity contribution is 0.118. The first-order valence-electron chi connectivity index (χ1n) is 11.2. The summed E-state index contributed by atoms with van der Waals surface area (Å²) in [4.78, 5) is 0. The predicted octanol–water partition coefficient (Wildman–Crippen LogP) is 4.26. The van der Waals surface area contributed by atoms with Crippen LogP contribution in [0.5, 0.6) is 0 Å². The van der Waals surface area contributed by atoms with E-state index in [1.165, 1.54) is 77.0 Å². The molecule has 2 atom stereocenters. The van der Waals surface area contributed by atoms with Crippen LogP contribution in [0.1, 0.15) is 96.8 Å². The molecule has 4 heteroatoms. The van der Waals surface area contributed by atoms with E-state index in [9.17, 15) is 5.11 Å². The maximum absolute atomic E-state index is 10.1. The Morgan fingerprint density at radius 2 is 1.35 bits per heavy atom. The zero-order chi connectivity index (χ0) is 19.3. The molecular formula is C22H47N3O. The molecule has 0 saturated carbocycles. The van der Waals surface area contributed by atoms with Crippen molar-refractivity contribution in [1.82, 2.24) is 5.32 Å². The molecule has 4 nitrogen and oxygen atoms in total. The van der Waals surface area contributed by atoms with Crippen LogP contribution in [0.15, 0.2) is 12.2 Å². The normalized spacial score (nSPS) is 14.2. The van der Waals surface area contributed by atoms with E-state index in [4.69, 9.17) is 11.5 Å². The molecule has 26 heavy (non-hydrogen) atoms. The Kier molecular flexibility index (Phi) is 20.5. The van der Waals surface area contributed by atoms with Crippen molar-refractivity contribution in [3.8, 4) is 0 Å². The van der Waals surface area contributed by atoms with Gasteiger partial charge in [0.2, 0.25) is 0 Å². The lowest BCUT2D eigenvalue weighted by atomic mass is 10.0. The summed E-state index contributed by atoms with van der Waals surface area (Å²) in [7, 11) is 0. The van der Waals surface area contributed by atoms with E-state index in [1.54, 1.807) is 0 Å². The molecule has 156 valence electrons. The van der Waals surface area contributed by atoms with Crippen molar-refractivity contribution in [2.75, 3.05) is 19.6 Å². The minimum absolute atomic E-state index is 0.0182. The summed E-state index contributed by atoms with van der Waals surface area (Å²) < 4.78 is 0. The molecule has 0 saturated heterocycles. The molecule has 0 aliphatic rings. The van der Waals surface area contributed by atoms with Crippen LogP contribution < -0.4 is 16.8 Å². The molecule has 0 heterocycles. The van der Waals surface area contributed by atoms with Crippen molar-refractivity contribution in [3.05, 3.63) is 12.2 Å². The minimum atomic E-state index is -0.351. The zero-order valence-corrected chi connectivity index (χ0v) is 17.4. The van der Waals surface area contributed by atoms with Gasteiger partial charge in [0.05, 0.1) is 6.10 Å². The van der Waals surface area contributed by atoms with Crippen LogP contribution in [0, 0.1) is 0 Å². The molecule has 0 aliphatic carbocycles. The lowest BCUT2D eigenvalue weighted by Crippen LogP contribution is -2.47. The number of allylic oxidation sites excluding steroid dienone is 2. The van der Waals surface area contributed by atoms with Gasteiger partial charge in [-0.3, -0.25) is 0 Å². The number of hydrogen-bond donors (Lipinski definition) is 4. The molecule has 0 aromatic heterocycles. The summed E-state index contributed by atoms with van der Waals surface area (Å²) in [6, 6.07) is -0.0182. The van der Waals surface area contributed by atoms with Crippen molar-refractivity contribution in [2.45, 2.75) is 109 Å². The van der Waals surface area contributed by atoms with Gasteiger partial charge >= 0.3 is 0 Å². The van der Waals surface area contributed by atoms with Crippen LogP contribution in [0.2, 0.25) is 0 Å². The average Bonchev–Trinajstić information content (AvgIpc) is 2.65. The first kappa shape index (κ1) is 25.6. The third-order valence-corrected chi connectivity index (χ3v) is 5.03. The van der Waals surface area contributed by atoms with Crippen LogP contribution in [0.4, 0.5) is 0 Å². The number of rotatable bonds is 20. The highest BCUT2D eigenvalue weighted by Gasteiger charge is 2.15. The summed E-state index contributed by atoms with van der Waals surface area (Å²) in [5.74, 6) is 0. The second kappa shape index (κ2) is 20.9. The number of nitrogens with one attached hydrogen (secondary N) is 1. The van der Waals surface area contributed by atoms with E-state index in [-0.39, 0.29) is 12.1 Å². The molecule has 0 spiro atoms. The van der Waals surface area contributed by atoms with Crippen molar-refractivity contribution in [2.24, 2.45) is 11.5 Å². The molecule has 0 aromatic rings. The zero-order valence-electron chi connectivity index (χ0n) is 17.4. The minimum Gasteiger partial charge on any atom is -0.391 e. The van der Waals surface area contributed by atoms with Gasteiger partial charge in [-0.2, -0.15) is 0 Å². The summed E-state index contributed by atoms with van der Waals surface area (Å²) in [5, 5.41) is 13.4. The van der Waals surface area contributed by atoms with Gasteiger partial charge in [-0.25, -0.2) is 0 Å². The van der Waals surface area contributed by atoms with Crippen molar-refractivity contribution in [3.63, 3.8) is 0 Å². The summed E-state index contributed by atoms with van der Waals surface area (Å²) in [5.41, 5.74) is 11.2. The molecule has 0 bridgehead atoms. The van der Waals surface area contributed by atoms with Gasteiger partial charge in [-0.1, -0.05) is 76.9 Å². The largest absolute Gasteiger partial charge is 0.391 e. The average molecular weight is 370 g/mol. The fourth-order valence-corrected chi connectivity index (χ4v) is 3.27. The second-order valence-electron chi connectivity index (χ2n) is 7.53. The molecule has 0 amide bonds. The van der Waals surface area contributed by atoms with Gasteiger partial charge in [0, 0.05) is 25.7 Å². The van der Waals surface area contributed by atoms with Crippen LogP contribution in [0.25, 0.3) is 0 Å². The van der Waals surface area contributed by atoms with Gasteiger partial charge in [0.15, 0.2) is 0 Å². The summed E-state index contributed by atoms with van der Waals surface area (Å²) in [6.07, 6.45) is 22.1. The van der Waals surface area contributed by atoms with E-state index < -0.39 is 0 Å². The van der Waals surface area contributed by atoms with Crippen LogP contribution in [0.3, 0.4) is 0 Å². The van der Waals surface area contributed by atoms with E-state index in [1.807, 2.05) is 0 Å². The Balaban J connectivity index is 3.36. The quantitative estimate of drug-likeness (QED) is 0.191. The maximum atomic E-state index is 10.1. The van der Waals surface area contributed by atoms with Crippen molar-refractivity contribution < 1.29 is 5.11 Å². The number of nitrogens with two attached hydrogens (primary N) is 2. The number of hydrogen-bond acceptors (Lipinski definition) is 4. The third-order valence-electron chi connectivity index (χ3n) is 5.03. The fraction of sp³-hybridized carbons (Fsp3) is 0.909. The Morgan fingerprint density at radius 1 is 0.808 bits per heavy atom. The Labute approximate surface area is 163 Å². The van der Waals surface area contributed by atoms with Gasteiger partial charge < -0.3 is 21.9 Å². The molecule has 0 aliphatic heterocycles. The van der Waals surface area contributed by atoms with Crippen LogP contribution >= 0.6 is 0 Å². The SMILES string of the molecule is CCCCCCCC/C=C\CCCCCCCC(O)C(CN)NCCN. The Hall–Kier alpha value is -0.420. The fourth-order valence-electron chi connectivity index (χ4n) is 3.27. The number of aliphatic hydroxyl groups excluding tert-OH is 1. The molecule has 0 radical (unpaired) electrons. The molecule has 6 N–H and O–H groups in total. The van der Waals surface area contributed by atoms with Gasteiger partial charge in [0.25, 0.3) is 0 Å². The van der Waals surface area contributed by atoms with Crippen LogP contribution in [-0.2, 0) is 0 Å². The van der Waals surface area contributed by atoms with E-state index >= 15 is 0 Å². The van der Waals surface area contributed by atoms with E-state index in [2.05, 4.69) is 24.4 Å². The van der Waals surface area contributed by atoms with E-state index in [0.29, 0.717) is 19.6 Å². The van der Waals surface area contributed by atoms with E-state index in [0.717, 1.165) is 12.8 Å². The standard InChI is InChI=1S/C22H47N3O/c1-2-3-4-5-6-7-8-9-10-11-12-13-14-15-16-17-22(26)21(20-24)25-19-18-23/h9-10,21-22,25-26H,2-8,11-20,23-24H2,1H3/b10-9-. The topological polar surface area (TPSA) is 84.3 Å². The Morgan fingerprint density at radius 3 is 1.88 bits per heavy atom.